The van der Waals surface area contributed by atoms with E-state index in [0.29, 0.717) is 38.1 Å². The molecule has 1 aliphatic heterocycles. The molecule has 2 amide bonds. The van der Waals surface area contributed by atoms with E-state index < -0.39 is 0 Å². The molecule has 3 N–H and O–H groups in total. The Balaban J connectivity index is 1.60. The largest absolute Gasteiger partial charge is 0.383 e. The summed E-state index contributed by atoms with van der Waals surface area (Å²) in [6.45, 7) is 1.41. The molecule has 1 saturated heterocycles. The molecule has 0 bridgehead atoms. The molecule has 0 spiro atoms. The normalized spacial score (nSPS) is 28.0. The van der Waals surface area contributed by atoms with Gasteiger partial charge in [-0.05, 0) is 25.2 Å². The van der Waals surface area contributed by atoms with Crippen LogP contribution in [0.15, 0.2) is 0 Å². The van der Waals surface area contributed by atoms with Gasteiger partial charge in [-0.15, -0.1) is 0 Å². The zero-order valence-electron chi connectivity index (χ0n) is 12.8. The number of amides is 2. The van der Waals surface area contributed by atoms with Crippen molar-refractivity contribution in [3.63, 3.8) is 0 Å². The van der Waals surface area contributed by atoms with E-state index in [1.54, 1.807) is 7.11 Å². The van der Waals surface area contributed by atoms with Gasteiger partial charge in [0.15, 0.2) is 0 Å². The molecular formula is C15H27N3O3. The summed E-state index contributed by atoms with van der Waals surface area (Å²) in [5.74, 6) is 0.640. The van der Waals surface area contributed by atoms with Gasteiger partial charge in [0.1, 0.15) is 0 Å². The molecule has 120 valence electrons. The Bertz CT molecular complexity index is 348. The number of nitrogens with one attached hydrogen (secondary N) is 3. The fourth-order valence-corrected chi connectivity index (χ4v) is 3.32. The molecule has 1 heterocycles. The van der Waals surface area contributed by atoms with Crippen LogP contribution < -0.4 is 16.0 Å². The maximum Gasteiger partial charge on any atom is 0.237 e. The Hall–Kier alpha value is -1.14. The second-order valence-corrected chi connectivity index (χ2v) is 5.99. The maximum absolute atomic E-state index is 12.1. The number of carbonyl (C=O) groups excluding carboxylic acids is 2. The Morgan fingerprint density at radius 3 is 2.76 bits per heavy atom. The van der Waals surface area contributed by atoms with E-state index in [-0.39, 0.29) is 17.9 Å². The van der Waals surface area contributed by atoms with Crippen LogP contribution in [0.2, 0.25) is 0 Å². The molecule has 2 fully saturated rings. The molecule has 21 heavy (non-hydrogen) atoms. The van der Waals surface area contributed by atoms with Crippen molar-refractivity contribution in [3.05, 3.63) is 0 Å². The molecule has 0 aromatic heterocycles. The van der Waals surface area contributed by atoms with Crippen molar-refractivity contribution in [2.75, 3.05) is 26.8 Å². The van der Waals surface area contributed by atoms with Gasteiger partial charge in [-0.2, -0.15) is 0 Å². The van der Waals surface area contributed by atoms with Crippen molar-refractivity contribution in [3.8, 4) is 0 Å². The summed E-state index contributed by atoms with van der Waals surface area (Å²) >= 11 is 0. The molecule has 1 aliphatic carbocycles. The summed E-state index contributed by atoms with van der Waals surface area (Å²) in [5, 5.41) is 9.04. The van der Waals surface area contributed by atoms with E-state index in [0.717, 1.165) is 6.42 Å². The smallest absolute Gasteiger partial charge is 0.237 e. The quantitative estimate of drug-likeness (QED) is 0.586. The van der Waals surface area contributed by atoms with Gasteiger partial charge < -0.3 is 20.7 Å². The number of rotatable bonds is 7. The van der Waals surface area contributed by atoms with Crippen molar-refractivity contribution in [2.24, 2.45) is 5.92 Å². The lowest BCUT2D eigenvalue weighted by Crippen LogP contribution is -2.44. The Morgan fingerprint density at radius 2 is 2.00 bits per heavy atom. The van der Waals surface area contributed by atoms with Crippen LogP contribution in [0, 0.1) is 5.92 Å². The zero-order valence-corrected chi connectivity index (χ0v) is 12.8. The van der Waals surface area contributed by atoms with Crippen LogP contribution in [0.4, 0.5) is 0 Å². The van der Waals surface area contributed by atoms with Crippen molar-refractivity contribution in [1.82, 2.24) is 16.0 Å². The zero-order chi connectivity index (χ0) is 15.1. The minimum atomic E-state index is -0.0744. The Kier molecular flexibility index (Phi) is 6.45. The topological polar surface area (TPSA) is 79.5 Å². The summed E-state index contributed by atoms with van der Waals surface area (Å²) in [5.41, 5.74) is 0. The summed E-state index contributed by atoms with van der Waals surface area (Å²) in [7, 11) is 1.60. The highest BCUT2D eigenvalue weighted by molar-refractivity contribution is 5.83. The average molecular weight is 297 g/mol. The lowest BCUT2D eigenvalue weighted by Gasteiger charge is -2.24. The predicted octanol–water partition coefficient (Wildman–Crippen LogP) is 0.176. The van der Waals surface area contributed by atoms with E-state index in [1.165, 1.54) is 25.7 Å². The lowest BCUT2D eigenvalue weighted by molar-refractivity contribution is -0.123. The fraction of sp³-hybridized carbons (Fsp3) is 0.867. The third-order valence-electron chi connectivity index (χ3n) is 4.46. The number of hydrogen-bond acceptors (Lipinski definition) is 4. The van der Waals surface area contributed by atoms with Crippen LogP contribution in [0.1, 0.15) is 38.5 Å². The standard InChI is InChI=1S/C15H27N3O3/c1-21-9-8-16-14(19)6-7-17-15(20)13-10-11-4-2-3-5-12(11)18-13/h11-13,18H,2-10H2,1H3,(H,16,19)(H,17,20). The molecule has 0 radical (unpaired) electrons. The van der Waals surface area contributed by atoms with Gasteiger partial charge in [-0.25, -0.2) is 0 Å². The van der Waals surface area contributed by atoms with E-state index in [2.05, 4.69) is 16.0 Å². The Morgan fingerprint density at radius 1 is 1.19 bits per heavy atom. The summed E-state index contributed by atoms with van der Waals surface area (Å²) in [6, 6.07) is 0.446. The van der Waals surface area contributed by atoms with Crippen molar-refractivity contribution in [2.45, 2.75) is 50.6 Å². The maximum atomic E-state index is 12.1. The van der Waals surface area contributed by atoms with Crippen LogP contribution in [0.5, 0.6) is 0 Å². The first-order valence-corrected chi connectivity index (χ1v) is 8.00. The van der Waals surface area contributed by atoms with E-state index in [9.17, 15) is 9.59 Å². The second kappa shape index (κ2) is 8.34. The molecule has 1 saturated carbocycles. The Labute approximate surface area is 126 Å². The fourth-order valence-electron chi connectivity index (χ4n) is 3.32. The first kappa shape index (κ1) is 16.2. The molecule has 6 heteroatoms. The first-order valence-electron chi connectivity index (χ1n) is 8.00. The average Bonchev–Trinajstić information content (AvgIpc) is 2.91. The van der Waals surface area contributed by atoms with Gasteiger partial charge in [0.25, 0.3) is 0 Å². The summed E-state index contributed by atoms with van der Waals surface area (Å²) < 4.78 is 4.86. The third-order valence-corrected chi connectivity index (χ3v) is 4.46. The SMILES string of the molecule is COCCNC(=O)CCNC(=O)C1CC2CCCCC2N1. The molecular weight excluding hydrogens is 270 g/mol. The molecule has 2 rings (SSSR count). The predicted molar refractivity (Wildman–Crippen MR) is 79.8 cm³/mol. The number of methoxy groups -OCH3 is 1. The first-order chi connectivity index (χ1) is 10.2. The van der Waals surface area contributed by atoms with Gasteiger partial charge in [0.05, 0.1) is 12.6 Å². The number of ether oxygens (including phenoxy) is 1. The highest BCUT2D eigenvalue weighted by atomic mass is 16.5. The van der Waals surface area contributed by atoms with Gasteiger partial charge in [0, 0.05) is 32.7 Å². The van der Waals surface area contributed by atoms with Crippen molar-refractivity contribution >= 4 is 11.8 Å². The molecule has 3 atom stereocenters. The van der Waals surface area contributed by atoms with Crippen molar-refractivity contribution < 1.29 is 14.3 Å². The second-order valence-electron chi connectivity index (χ2n) is 5.99. The minimum Gasteiger partial charge on any atom is -0.383 e. The minimum absolute atomic E-state index is 0.0362. The van der Waals surface area contributed by atoms with E-state index >= 15 is 0 Å². The van der Waals surface area contributed by atoms with Crippen LogP contribution in [-0.2, 0) is 14.3 Å². The van der Waals surface area contributed by atoms with Crippen LogP contribution in [0.25, 0.3) is 0 Å². The van der Waals surface area contributed by atoms with Crippen LogP contribution in [-0.4, -0.2) is 50.7 Å². The van der Waals surface area contributed by atoms with Gasteiger partial charge >= 0.3 is 0 Å². The monoisotopic (exact) mass is 297 g/mol. The highest BCUT2D eigenvalue weighted by Crippen LogP contribution is 2.33. The number of hydrogen-bond donors (Lipinski definition) is 3. The molecule has 0 aromatic carbocycles. The molecule has 2 aliphatic rings. The van der Waals surface area contributed by atoms with Gasteiger partial charge in [-0.3, -0.25) is 9.59 Å². The number of carbonyl (C=O) groups is 2. The molecule has 3 unspecified atom stereocenters. The van der Waals surface area contributed by atoms with Gasteiger partial charge in [-0.1, -0.05) is 12.8 Å². The van der Waals surface area contributed by atoms with E-state index in [4.69, 9.17) is 4.74 Å². The lowest BCUT2D eigenvalue weighted by atomic mass is 9.85. The third kappa shape index (κ3) is 4.97. The highest BCUT2D eigenvalue weighted by Gasteiger charge is 2.37. The molecule has 6 nitrogen and oxygen atoms in total. The molecule has 0 aromatic rings. The van der Waals surface area contributed by atoms with Crippen LogP contribution in [0.3, 0.4) is 0 Å². The van der Waals surface area contributed by atoms with Gasteiger partial charge in [0.2, 0.25) is 11.8 Å². The van der Waals surface area contributed by atoms with Crippen molar-refractivity contribution in [1.29, 1.82) is 0 Å². The van der Waals surface area contributed by atoms with E-state index in [1.807, 2.05) is 0 Å². The number of fused-ring (bicyclic) bond motifs is 1. The summed E-state index contributed by atoms with van der Waals surface area (Å²) in [4.78, 5) is 23.6. The van der Waals surface area contributed by atoms with Crippen LogP contribution >= 0.6 is 0 Å². The summed E-state index contributed by atoms with van der Waals surface area (Å²) in [6.07, 6.45) is 6.24.